The van der Waals surface area contributed by atoms with Crippen LogP contribution in [0.5, 0.6) is 0 Å². The Hall–Kier alpha value is -1.64. The number of hydrogen-bond donors (Lipinski definition) is 2. The zero-order valence-electron chi connectivity index (χ0n) is 9.20. The summed E-state index contributed by atoms with van der Waals surface area (Å²) in [7, 11) is -3.73. The van der Waals surface area contributed by atoms with Gasteiger partial charge in [-0.2, -0.15) is 0 Å². The van der Waals surface area contributed by atoms with Crippen LogP contribution in [0.3, 0.4) is 0 Å². The molecule has 2 rings (SSSR count). The fourth-order valence-corrected chi connectivity index (χ4v) is 3.75. The number of carboxylic acids is 1. The predicted octanol–water partition coefficient (Wildman–Crippen LogP) is 2.30. The standard InChI is InChI=1S/C10H7ClN2O4S2/c11-8-3-4-9(18-8)19(16,17)13-6-1-2-7(10(14)15)12-5-6/h1-5,13H,(H,14,15). The molecule has 2 heterocycles. The summed E-state index contributed by atoms with van der Waals surface area (Å²) in [4.78, 5) is 14.2. The van der Waals surface area contributed by atoms with Gasteiger partial charge < -0.3 is 5.11 Å². The Morgan fingerprint density at radius 3 is 2.53 bits per heavy atom. The number of carboxylic acid groups (broad SMARTS) is 1. The van der Waals surface area contributed by atoms with Gasteiger partial charge in [-0.15, -0.1) is 11.3 Å². The molecule has 2 aromatic heterocycles. The molecule has 0 aliphatic heterocycles. The van der Waals surface area contributed by atoms with E-state index in [1.165, 1.54) is 24.3 Å². The van der Waals surface area contributed by atoms with Crippen LogP contribution < -0.4 is 4.72 Å². The van der Waals surface area contributed by atoms with Gasteiger partial charge in [0.05, 0.1) is 16.2 Å². The monoisotopic (exact) mass is 318 g/mol. The summed E-state index contributed by atoms with van der Waals surface area (Å²) in [5.74, 6) is -1.18. The van der Waals surface area contributed by atoms with Crippen molar-refractivity contribution in [1.82, 2.24) is 4.98 Å². The summed E-state index contributed by atoms with van der Waals surface area (Å²) < 4.78 is 26.6. The molecule has 0 saturated heterocycles. The molecule has 0 aromatic carbocycles. The average Bonchev–Trinajstić information content (AvgIpc) is 2.77. The first-order valence-corrected chi connectivity index (χ1v) is 7.54. The lowest BCUT2D eigenvalue weighted by molar-refractivity contribution is 0.0690. The number of hydrogen-bond acceptors (Lipinski definition) is 5. The zero-order valence-corrected chi connectivity index (χ0v) is 11.6. The van der Waals surface area contributed by atoms with E-state index in [0.717, 1.165) is 17.5 Å². The number of rotatable bonds is 4. The number of carbonyl (C=O) groups is 1. The fraction of sp³-hybridized carbons (Fsp3) is 0. The Balaban J connectivity index is 2.23. The van der Waals surface area contributed by atoms with Gasteiger partial charge in [-0.3, -0.25) is 4.72 Å². The second-order valence-electron chi connectivity index (χ2n) is 3.40. The summed E-state index contributed by atoms with van der Waals surface area (Å²) >= 11 is 6.60. The molecule has 0 aliphatic rings. The third kappa shape index (κ3) is 3.22. The molecule has 0 aliphatic carbocycles. The zero-order chi connectivity index (χ0) is 14.0. The van der Waals surface area contributed by atoms with Gasteiger partial charge in [0.1, 0.15) is 9.90 Å². The van der Waals surface area contributed by atoms with E-state index in [4.69, 9.17) is 16.7 Å². The van der Waals surface area contributed by atoms with Gasteiger partial charge in [0.2, 0.25) is 0 Å². The number of halogens is 1. The van der Waals surface area contributed by atoms with Crippen molar-refractivity contribution in [3.8, 4) is 0 Å². The lowest BCUT2D eigenvalue weighted by Crippen LogP contribution is -2.12. The lowest BCUT2D eigenvalue weighted by atomic mass is 10.3. The largest absolute Gasteiger partial charge is 0.477 e. The maximum absolute atomic E-state index is 11.9. The maximum Gasteiger partial charge on any atom is 0.354 e. The van der Waals surface area contributed by atoms with Crippen LogP contribution in [-0.2, 0) is 10.0 Å². The van der Waals surface area contributed by atoms with Gasteiger partial charge in [-0.1, -0.05) is 11.6 Å². The summed E-state index contributed by atoms with van der Waals surface area (Å²) in [6, 6.07) is 5.39. The Bertz CT molecular complexity index is 709. The first kappa shape index (κ1) is 13.8. The summed E-state index contributed by atoms with van der Waals surface area (Å²) in [6.45, 7) is 0. The van der Waals surface area contributed by atoms with Crippen LogP contribution in [0, 0.1) is 0 Å². The molecular formula is C10H7ClN2O4S2. The number of anilines is 1. The van der Waals surface area contributed by atoms with Crippen molar-refractivity contribution in [2.45, 2.75) is 4.21 Å². The molecule has 100 valence electrons. The van der Waals surface area contributed by atoms with Gasteiger partial charge in [0, 0.05) is 0 Å². The van der Waals surface area contributed by atoms with E-state index in [9.17, 15) is 13.2 Å². The van der Waals surface area contributed by atoms with E-state index in [1.54, 1.807) is 0 Å². The molecule has 0 amide bonds. The van der Waals surface area contributed by atoms with Gasteiger partial charge in [-0.25, -0.2) is 18.2 Å². The molecule has 0 fully saturated rings. The van der Waals surface area contributed by atoms with Crippen molar-refractivity contribution in [1.29, 1.82) is 0 Å². The number of nitrogens with one attached hydrogen (secondary N) is 1. The molecule has 0 spiro atoms. The van der Waals surface area contributed by atoms with Crippen LogP contribution in [0.25, 0.3) is 0 Å². The summed E-state index contributed by atoms with van der Waals surface area (Å²) in [5.41, 5.74) is 0.0108. The van der Waals surface area contributed by atoms with E-state index < -0.39 is 16.0 Å². The van der Waals surface area contributed by atoms with Crippen LogP contribution in [-0.4, -0.2) is 24.5 Å². The summed E-state index contributed by atoms with van der Waals surface area (Å²) in [6.07, 6.45) is 1.14. The van der Waals surface area contributed by atoms with Crippen molar-refractivity contribution < 1.29 is 18.3 Å². The van der Waals surface area contributed by atoms with Gasteiger partial charge in [0.25, 0.3) is 10.0 Å². The van der Waals surface area contributed by atoms with Gasteiger partial charge in [-0.05, 0) is 24.3 Å². The Labute approximate surface area is 117 Å². The quantitative estimate of drug-likeness (QED) is 0.901. The average molecular weight is 319 g/mol. The smallest absolute Gasteiger partial charge is 0.354 e. The Morgan fingerprint density at radius 1 is 1.32 bits per heavy atom. The van der Waals surface area contributed by atoms with Gasteiger partial charge in [0.15, 0.2) is 0 Å². The molecule has 9 heteroatoms. The molecule has 19 heavy (non-hydrogen) atoms. The highest BCUT2D eigenvalue weighted by atomic mass is 35.5. The Kier molecular flexibility index (Phi) is 3.74. The molecule has 2 N–H and O–H groups in total. The molecule has 0 radical (unpaired) electrons. The first-order chi connectivity index (χ1) is 8.88. The van der Waals surface area contributed by atoms with Crippen molar-refractivity contribution >= 4 is 44.6 Å². The van der Waals surface area contributed by atoms with E-state index in [2.05, 4.69) is 9.71 Å². The minimum Gasteiger partial charge on any atom is -0.477 e. The second kappa shape index (κ2) is 5.16. The van der Waals surface area contributed by atoms with E-state index >= 15 is 0 Å². The van der Waals surface area contributed by atoms with E-state index in [1.807, 2.05) is 0 Å². The number of pyridine rings is 1. The summed E-state index contributed by atoms with van der Waals surface area (Å²) in [5, 5.41) is 8.67. The van der Waals surface area contributed by atoms with Crippen LogP contribution in [0.15, 0.2) is 34.7 Å². The maximum atomic E-state index is 11.9. The second-order valence-corrected chi connectivity index (χ2v) is 7.03. The molecule has 6 nitrogen and oxygen atoms in total. The van der Waals surface area contributed by atoms with E-state index in [-0.39, 0.29) is 15.6 Å². The van der Waals surface area contributed by atoms with Crippen molar-refractivity contribution in [3.63, 3.8) is 0 Å². The van der Waals surface area contributed by atoms with Crippen LogP contribution in [0.1, 0.15) is 10.5 Å². The molecule has 0 saturated carbocycles. The number of sulfonamides is 1. The Morgan fingerprint density at radius 2 is 2.05 bits per heavy atom. The third-order valence-electron chi connectivity index (χ3n) is 2.05. The van der Waals surface area contributed by atoms with Gasteiger partial charge >= 0.3 is 5.97 Å². The van der Waals surface area contributed by atoms with Crippen molar-refractivity contribution in [2.24, 2.45) is 0 Å². The lowest BCUT2D eigenvalue weighted by Gasteiger charge is -2.05. The predicted molar refractivity (Wildman–Crippen MR) is 71.3 cm³/mol. The normalized spacial score (nSPS) is 11.2. The number of thiophene rings is 1. The van der Waals surface area contributed by atoms with Crippen LogP contribution in [0.4, 0.5) is 5.69 Å². The highest BCUT2D eigenvalue weighted by Crippen LogP contribution is 2.27. The highest BCUT2D eigenvalue weighted by molar-refractivity contribution is 7.94. The molecule has 0 atom stereocenters. The van der Waals surface area contributed by atoms with Crippen molar-refractivity contribution in [3.05, 3.63) is 40.5 Å². The first-order valence-electron chi connectivity index (χ1n) is 4.86. The number of nitrogens with zero attached hydrogens (tertiary/aromatic N) is 1. The number of aromatic carboxylic acids is 1. The topological polar surface area (TPSA) is 96.4 Å². The SMILES string of the molecule is O=C(O)c1ccc(NS(=O)(=O)c2ccc(Cl)s2)cn1. The van der Waals surface area contributed by atoms with Crippen molar-refractivity contribution in [2.75, 3.05) is 4.72 Å². The number of aromatic nitrogens is 1. The molecular weight excluding hydrogens is 312 g/mol. The third-order valence-corrected chi connectivity index (χ3v) is 5.15. The van der Waals surface area contributed by atoms with Crippen LogP contribution >= 0.6 is 22.9 Å². The fourth-order valence-electron chi connectivity index (χ4n) is 1.23. The van der Waals surface area contributed by atoms with Crippen LogP contribution in [0.2, 0.25) is 4.34 Å². The minimum absolute atomic E-state index is 0.0693. The molecule has 2 aromatic rings. The highest BCUT2D eigenvalue weighted by Gasteiger charge is 2.17. The van der Waals surface area contributed by atoms with E-state index in [0.29, 0.717) is 4.34 Å². The molecule has 0 unspecified atom stereocenters. The molecule has 0 bridgehead atoms. The minimum atomic E-state index is -3.73.